The molecular formula is C70H51BN4S2. The number of benzene rings is 11. The van der Waals surface area contributed by atoms with Gasteiger partial charge < -0.3 is 19.6 Å². The number of nitrogens with zero attached hydrogens (tertiary/aromatic N) is 4. The van der Waals surface area contributed by atoms with Crippen molar-refractivity contribution in [1.82, 2.24) is 0 Å². The third-order valence-corrected chi connectivity index (χ3v) is 18.3. The Morgan fingerprint density at radius 3 is 1.00 bits per heavy atom. The monoisotopic (exact) mass is 1020 g/mol. The minimum Gasteiger partial charge on any atom is -0.311 e. The van der Waals surface area contributed by atoms with Crippen molar-refractivity contribution in [3.05, 3.63) is 259 Å². The van der Waals surface area contributed by atoms with Crippen LogP contribution in [0.2, 0.25) is 0 Å². The molecule has 77 heavy (non-hydrogen) atoms. The lowest BCUT2D eigenvalue weighted by Crippen LogP contribution is -2.61. The molecule has 2 aromatic heterocycles. The lowest BCUT2D eigenvalue weighted by Gasteiger charge is -2.45. The van der Waals surface area contributed by atoms with E-state index in [1.54, 1.807) is 0 Å². The fourth-order valence-corrected chi connectivity index (χ4v) is 15.1. The normalized spacial score (nSPS) is 12.6. The van der Waals surface area contributed by atoms with E-state index < -0.39 is 0 Å². The molecule has 0 N–H and O–H groups in total. The summed E-state index contributed by atoms with van der Waals surface area (Å²) in [5, 5.41) is 5.10. The first-order valence-electron chi connectivity index (χ1n) is 26.5. The van der Waals surface area contributed by atoms with E-state index in [1.165, 1.54) is 113 Å². The smallest absolute Gasteiger partial charge is 0.252 e. The summed E-state index contributed by atoms with van der Waals surface area (Å²) in [6, 6.07) is 87.8. The van der Waals surface area contributed by atoms with Crippen molar-refractivity contribution in [3.8, 4) is 0 Å². The average Bonchev–Trinajstić information content (AvgIpc) is 4.18. The Balaban J connectivity index is 0.983. The molecule has 0 atom stereocenters. The Morgan fingerprint density at radius 2 is 0.636 bits per heavy atom. The van der Waals surface area contributed by atoms with E-state index in [4.69, 9.17) is 0 Å². The Morgan fingerprint density at radius 1 is 0.299 bits per heavy atom. The zero-order valence-electron chi connectivity index (χ0n) is 43.2. The molecule has 2 aliphatic heterocycles. The Hall–Kier alpha value is -8.88. The number of fused-ring (bicyclic) bond motifs is 10. The minimum atomic E-state index is -0.0407. The quantitative estimate of drug-likeness (QED) is 0.141. The van der Waals surface area contributed by atoms with Crippen LogP contribution in [0.15, 0.2) is 237 Å². The molecule has 15 rings (SSSR count). The van der Waals surface area contributed by atoms with E-state index in [0.29, 0.717) is 0 Å². The summed E-state index contributed by atoms with van der Waals surface area (Å²) in [6.07, 6.45) is 0. The van der Waals surface area contributed by atoms with Gasteiger partial charge in [0.15, 0.2) is 0 Å². The van der Waals surface area contributed by atoms with Gasteiger partial charge in [-0.25, -0.2) is 0 Å². The predicted molar refractivity (Wildman–Crippen MR) is 335 cm³/mol. The summed E-state index contributed by atoms with van der Waals surface area (Å²) in [4.78, 5) is 9.96. The van der Waals surface area contributed by atoms with E-state index in [0.717, 1.165) is 34.1 Å². The summed E-state index contributed by atoms with van der Waals surface area (Å²) in [5.74, 6) is 0. The van der Waals surface area contributed by atoms with Crippen LogP contribution in [0.5, 0.6) is 0 Å². The van der Waals surface area contributed by atoms with E-state index in [1.807, 2.05) is 22.7 Å². The minimum absolute atomic E-state index is 0.0407. The lowest BCUT2D eigenvalue weighted by atomic mass is 9.33. The van der Waals surface area contributed by atoms with Crippen LogP contribution in [0.3, 0.4) is 0 Å². The molecule has 0 bridgehead atoms. The zero-order valence-corrected chi connectivity index (χ0v) is 44.8. The van der Waals surface area contributed by atoms with Crippen molar-refractivity contribution in [2.24, 2.45) is 0 Å². The first kappa shape index (κ1) is 45.5. The highest BCUT2D eigenvalue weighted by Crippen LogP contribution is 2.51. The predicted octanol–water partition coefficient (Wildman–Crippen LogP) is 18.7. The van der Waals surface area contributed by atoms with Crippen molar-refractivity contribution in [1.29, 1.82) is 0 Å². The highest BCUT2D eigenvalue weighted by Gasteiger charge is 2.44. The first-order valence-corrected chi connectivity index (χ1v) is 28.2. The van der Waals surface area contributed by atoms with Crippen molar-refractivity contribution in [2.45, 2.75) is 27.7 Å². The van der Waals surface area contributed by atoms with E-state index in [9.17, 15) is 0 Å². The Bertz CT molecular complexity index is 4070. The van der Waals surface area contributed by atoms with Crippen LogP contribution < -0.4 is 36.0 Å². The maximum Gasteiger partial charge on any atom is 0.252 e. The van der Waals surface area contributed by atoms with Gasteiger partial charge in [-0.15, -0.1) is 22.7 Å². The summed E-state index contributed by atoms with van der Waals surface area (Å²) >= 11 is 3.81. The molecule has 0 saturated carbocycles. The van der Waals surface area contributed by atoms with Crippen molar-refractivity contribution in [2.75, 3.05) is 19.6 Å². The molecule has 0 aliphatic carbocycles. The van der Waals surface area contributed by atoms with Gasteiger partial charge in [0.25, 0.3) is 6.71 Å². The summed E-state index contributed by atoms with van der Waals surface area (Å²) in [5.41, 5.74) is 23.2. The molecular weight excluding hydrogens is 972 g/mol. The van der Waals surface area contributed by atoms with Crippen molar-refractivity contribution in [3.63, 3.8) is 0 Å². The number of para-hydroxylation sites is 6. The van der Waals surface area contributed by atoms with E-state index >= 15 is 0 Å². The number of hydrogen-bond acceptors (Lipinski definition) is 6. The van der Waals surface area contributed by atoms with Gasteiger partial charge in [-0.05, 0) is 176 Å². The van der Waals surface area contributed by atoms with E-state index in [2.05, 4.69) is 284 Å². The Kier molecular flexibility index (Phi) is 10.6. The first-order chi connectivity index (χ1) is 37.9. The third kappa shape index (κ3) is 7.18. The maximum atomic E-state index is 2.61. The largest absolute Gasteiger partial charge is 0.311 e. The second-order valence-corrected chi connectivity index (χ2v) is 22.9. The van der Waals surface area contributed by atoms with Gasteiger partial charge in [0.05, 0.1) is 11.4 Å². The molecule has 7 heteroatoms. The van der Waals surface area contributed by atoms with Gasteiger partial charge in [-0.3, -0.25) is 0 Å². The Labute approximate surface area is 457 Å². The highest BCUT2D eigenvalue weighted by molar-refractivity contribution is 7.26. The maximum absolute atomic E-state index is 2.61. The second kappa shape index (κ2) is 17.9. The lowest BCUT2D eigenvalue weighted by molar-refractivity contribution is 1.20. The molecule has 0 spiro atoms. The molecule has 0 radical (unpaired) electrons. The van der Waals surface area contributed by atoms with Crippen LogP contribution in [0.4, 0.5) is 68.2 Å². The van der Waals surface area contributed by atoms with Gasteiger partial charge in [0.1, 0.15) is 0 Å². The molecule has 0 fully saturated rings. The van der Waals surface area contributed by atoms with Crippen molar-refractivity contribution < 1.29 is 0 Å². The molecule has 4 heterocycles. The second-order valence-electron chi connectivity index (χ2n) is 20.7. The number of rotatable bonds is 8. The molecule has 0 unspecified atom stereocenters. The van der Waals surface area contributed by atoms with Crippen LogP contribution in [-0.4, -0.2) is 6.71 Å². The fraction of sp³-hybridized carbons (Fsp3) is 0.0571. The molecule has 11 aromatic carbocycles. The SMILES string of the molecule is Cc1cccc(C)c1N1c2cc3c(cc2B2c4cc5sc6cc(N(c7ccccc7)c7ccccc7)ccc6c5cc4N(c4c(C)cccc4C)c4cccc1c42)sc1cc(N(c2ccccc2)c2ccccc2)ccc13. The standard InChI is InChI=1S/C70H51BN4S2/c1-44-20-17-21-45(2)69(44)74-60-32-19-33-61-68(60)71(58-42-66-56(40-62(58)74)54-36-34-52(38-64(54)76-66)72(48-24-9-5-10-25-48)49-26-11-6-12-27-49)59-43-67-57(41-63(59)75(61)70-46(3)22-18-23-47(70)4)55-37-35-53(39-65(55)77-67)73(50-28-13-7-14-29-50)51-30-15-8-16-31-51/h5-43H,1-4H3. The molecule has 13 aromatic rings. The average molecular weight is 1020 g/mol. The molecule has 366 valence electrons. The van der Waals surface area contributed by atoms with Gasteiger partial charge in [0.2, 0.25) is 0 Å². The fourth-order valence-electron chi connectivity index (χ4n) is 12.7. The summed E-state index contributed by atoms with van der Waals surface area (Å²) < 4.78 is 5.12. The van der Waals surface area contributed by atoms with Gasteiger partial charge in [-0.1, -0.05) is 127 Å². The zero-order chi connectivity index (χ0) is 51.5. The van der Waals surface area contributed by atoms with Crippen molar-refractivity contribution >= 4 is 154 Å². The molecule has 2 aliphatic rings. The van der Waals surface area contributed by atoms with E-state index in [-0.39, 0.29) is 6.71 Å². The topological polar surface area (TPSA) is 13.0 Å². The highest BCUT2D eigenvalue weighted by atomic mass is 32.1. The number of anilines is 12. The van der Waals surface area contributed by atoms with Gasteiger partial charge in [0, 0.05) is 97.2 Å². The van der Waals surface area contributed by atoms with Crippen LogP contribution >= 0.6 is 22.7 Å². The van der Waals surface area contributed by atoms with Gasteiger partial charge >= 0.3 is 0 Å². The molecule has 4 nitrogen and oxygen atoms in total. The molecule has 0 saturated heterocycles. The number of thiophene rings is 2. The summed E-state index contributed by atoms with van der Waals surface area (Å²) in [6.45, 7) is 9.05. The van der Waals surface area contributed by atoms with Crippen LogP contribution in [0.1, 0.15) is 22.3 Å². The summed E-state index contributed by atoms with van der Waals surface area (Å²) in [7, 11) is 0. The third-order valence-electron chi connectivity index (χ3n) is 16.0. The number of aryl methyl sites for hydroxylation is 4. The van der Waals surface area contributed by atoms with Crippen LogP contribution in [-0.2, 0) is 0 Å². The van der Waals surface area contributed by atoms with Crippen LogP contribution in [0.25, 0.3) is 40.3 Å². The van der Waals surface area contributed by atoms with Gasteiger partial charge in [-0.2, -0.15) is 0 Å². The number of hydrogen-bond donors (Lipinski definition) is 0. The van der Waals surface area contributed by atoms with Crippen LogP contribution in [0, 0.1) is 27.7 Å². The molecule has 0 amide bonds.